The molecule has 1 fully saturated rings. The second-order valence-corrected chi connectivity index (χ2v) is 6.69. The van der Waals surface area contributed by atoms with E-state index in [1.54, 1.807) is 12.1 Å². The molecule has 0 saturated heterocycles. The predicted octanol–water partition coefficient (Wildman–Crippen LogP) is 3.91. The van der Waals surface area contributed by atoms with E-state index in [4.69, 9.17) is 9.47 Å². The van der Waals surface area contributed by atoms with Gasteiger partial charge in [0.05, 0.1) is 29.2 Å². The lowest BCUT2D eigenvalue weighted by atomic mass is 10.1. The second-order valence-electron chi connectivity index (χ2n) is 6.69. The van der Waals surface area contributed by atoms with Crippen LogP contribution < -0.4 is 14.8 Å². The first-order chi connectivity index (χ1) is 14.8. The molecule has 31 heavy (non-hydrogen) atoms. The Kier molecular flexibility index (Phi) is 6.63. The van der Waals surface area contributed by atoms with Crippen LogP contribution >= 0.6 is 0 Å². The van der Waals surface area contributed by atoms with Crippen LogP contribution in [0, 0.1) is 16.0 Å². The summed E-state index contributed by atoms with van der Waals surface area (Å²) in [5, 5.41) is 14.0. The fraction of sp³-hybridized carbons (Fsp3) is 0.300. The van der Waals surface area contributed by atoms with Crippen LogP contribution in [0.15, 0.2) is 36.4 Å². The van der Waals surface area contributed by atoms with E-state index >= 15 is 0 Å². The van der Waals surface area contributed by atoms with Crippen LogP contribution in [0.3, 0.4) is 0 Å². The zero-order valence-electron chi connectivity index (χ0n) is 16.3. The fourth-order valence-corrected chi connectivity index (χ4v) is 2.76. The number of esters is 1. The summed E-state index contributed by atoms with van der Waals surface area (Å²) < 4.78 is 39.4. The van der Waals surface area contributed by atoms with Gasteiger partial charge in [0.25, 0.3) is 5.69 Å². The molecule has 0 atom stereocenters. The van der Waals surface area contributed by atoms with Crippen LogP contribution in [0.25, 0.3) is 0 Å². The molecular formula is C20H18F2N2O7. The number of hydrogen-bond acceptors (Lipinski definition) is 7. The van der Waals surface area contributed by atoms with Crippen LogP contribution in [-0.2, 0) is 16.1 Å². The molecule has 1 N–H and O–H groups in total. The van der Waals surface area contributed by atoms with E-state index in [1.165, 1.54) is 19.2 Å². The number of hydrogen-bond donors (Lipinski definition) is 1. The average molecular weight is 436 g/mol. The van der Waals surface area contributed by atoms with Crippen LogP contribution in [0.1, 0.15) is 28.8 Å². The summed E-state index contributed by atoms with van der Waals surface area (Å²) >= 11 is 0. The molecule has 9 nitrogen and oxygen atoms in total. The maximum atomic E-state index is 12.5. The molecule has 1 aliphatic carbocycles. The van der Waals surface area contributed by atoms with Crippen molar-refractivity contribution in [1.29, 1.82) is 0 Å². The second kappa shape index (κ2) is 9.37. The molecule has 11 heteroatoms. The minimum absolute atomic E-state index is 0.0110. The summed E-state index contributed by atoms with van der Waals surface area (Å²) in [6.07, 6.45) is 1.66. The average Bonchev–Trinajstić information content (AvgIpc) is 3.57. The van der Waals surface area contributed by atoms with Crippen molar-refractivity contribution < 1.29 is 37.5 Å². The molecule has 1 amide bonds. The summed E-state index contributed by atoms with van der Waals surface area (Å²) in [6, 6.07) is 7.94. The number of carbonyl (C=O) groups is 2. The van der Waals surface area contributed by atoms with Gasteiger partial charge in [-0.3, -0.25) is 14.9 Å². The molecule has 3 rings (SSSR count). The Hall–Kier alpha value is -3.76. The van der Waals surface area contributed by atoms with Crippen LogP contribution in [0.5, 0.6) is 11.5 Å². The summed E-state index contributed by atoms with van der Waals surface area (Å²) in [6.45, 7) is -3.72. The van der Waals surface area contributed by atoms with Gasteiger partial charge in [-0.1, -0.05) is 6.07 Å². The maximum Gasteiger partial charge on any atom is 0.387 e. The van der Waals surface area contributed by atoms with Crippen molar-refractivity contribution in [2.45, 2.75) is 26.1 Å². The number of anilines is 1. The Balaban J connectivity index is 1.74. The minimum atomic E-state index is -3.20. The monoisotopic (exact) mass is 436 g/mol. The molecular weight excluding hydrogens is 418 g/mol. The van der Waals surface area contributed by atoms with Crippen molar-refractivity contribution in [2.24, 2.45) is 5.92 Å². The molecule has 0 radical (unpaired) electrons. The van der Waals surface area contributed by atoms with Crippen molar-refractivity contribution in [2.75, 3.05) is 12.4 Å². The lowest BCUT2D eigenvalue weighted by Gasteiger charge is -2.12. The number of alkyl halides is 2. The van der Waals surface area contributed by atoms with Crippen LogP contribution in [0.2, 0.25) is 0 Å². The number of carbonyl (C=O) groups excluding carboxylic acids is 2. The maximum absolute atomic E-state index is 12.5. The molecule has 0 unspecified atom stereocenters. The molecule has 1 aliphatic rings. The zero-order chi connectivity index (χ0) is 22.5. The summed E-state index contributed by atoms with van der Waals surface area (Å²) in [4.78, 5) is 34.8. The molecule has 164 valence electrons. The molecule has 0 aliphatic heterocycles. The van der Waals surface area contributed by atoms with Crippen molar-refractivity contribution in [3.05, 3.63) is 57.6 Å². The number of rotatable bonds is 9. The lowest BCUT2D eigenvalue weighted by Crippen LogP contribution is -2.14. The Labute approximate surface area is 175 Å². The number of methoxy groups -OCH3 is 1. The predicted molar refractivity (Wildman–Crippen MR) is 103 cm³/mol. The van der Waals surface area contributed by atoms with Gasteiger partial charge in [0.2, 0.25) is 5.91 Å². The zero-order valence-corrected chi connectivity index (χ0v) is 16.3. The molecule has 0 aromatic heterocycles. The number of nitrogens with one attached hydrogen (secondary N) is 1. The number of nitro groups is 1. The molecule has 1 saturated carbocycles. The minimum Gasteiger partial charge on any atom is -0.493 e. The number of amides is 1. The van der Waals surface area contributed by atoms with E-state index in [0.29, 0.717) is 5.69 Å². The van der Waals surface area contributed by atoms with E-state index in [2.05, 4.69) is 10.1 Å². The molecule has 0 spiro atoms. The van der Waals surface area contributed by atoms with E-state index in [1.807, 2.05) is 0 Å². The Morgan fingerprint density at radius 1 is 1.23 bits per heavy atom. The standard InChI is InChI=1S/C20H18F2N2O7/c1-29-16-8-13(15(24(27)28)9-17(16)31-20(21)22)10-30-19(26)12-3-2-4-14(7-12)23-18(25)11-5-6-11/h2-4,7-9,11,20H,5-6,10H2,1H3,(H,23,25). The molecule has 0 bridgehead atoms. The van der Waals surface area contributed by atoms with Gasteiger partial charge in [-0.15, -0.1) is 0 Å². The molecule has 2 aromatic carbocycles. The van der Waals surface area contributed by atoms with E-state index in [0.717, 1.165) is 25.0 Å². The quantitative estimate of drug-likeness (QED) is 0.360. The summed E-state index contributed by atoms with van der Waals surface area (Å²) in [5.41, 5.74) is -0.0990. The first-order valence-corrected chi connectivity index (χ1v) is 9.16. The van der Waals surface area contributed by atoms with Gasteiger partial charge in [-0.25, -0.2) is 4.79 Å². The van der Waals surface area contributed by atoms with E-state index in [-0.39, 0.29) is 28.7 Å². The van der Waals surface area contributed by atoms with Crippen molar-refractivity contribution in [3.63, 3.8) is 0 Å². The number of nitrogens with zero attached hydrogens (tertiary/aromatic N) is 1. The van der Waals surface area contributed by atoms with Gasteiger partial charge < -0.3 is 19.5 Å². The molecule has 2 aromatic rings. The Morgan fingerprint density at radius 3 is 2.58 bits per heavy atom. The van der Waals surface area contributed by atoms with Gasteiger partial charge in [0.15, 0.2) is 11.5 Å². The van der Waals surface area contributed by atoms with Crippen molar-refractivity contribution >= 4 is 23.3 Å². The summed E-state index contributed by atoms with van der Waals surface area (Å²) in [7, 11) is 1.18. The van der Waals surface area contributed by atoms with Gasteiger partial charge in [0, 0.05) is 11.6 Å². The number of ether oxygens (including phenoxy) is 3. The van der Waals surface area contributed by atoms with Crippen LogP contribution in [-0.4, -0.2) is 30.5 Å². The topological polar surface area (TPSA) is 117 Å². The van der Waals surface area contributed by atoms with E-state index in [9.17, 15) is 28.5 Å². The number of halogens is 2. The highest BCUT2D eigenvalue weighted by atomic mass is 19.3. The van der Waals surface area contributed by atoms with Crippen molar-refractivity contribution in [3.8, 4) is 11.5 Å². The van der Waals surface area contributed by atoms with Gasteiger partial charge in [0.1, 0.15) is 6.61 Å². The first kappa shape index (κ1) is 21.9. The normalized spacial score (nSPS) is 12.9. The van der Waals surface area contributed by atoms with Gasteiger partial charge >= 0.3 is 12.6 Å². The SMILES string of the molecule is COc1cc(COC(=O)c2cccc(NC(=O)C3CC3)c2)c([N+](=O)[O-])cc1OC(F)F. The van der Waals surface area contributed by atoms with Crippen LogP contribution in [0.4, 0.5) is 20.2 Å². The van der Waals surface area contributed by atoms with Crippen molar-refractivity contribution in [1.82, 2.24) is 0 Å². The smallest absolute Gasteiger partial charge is 0.387 e. The number of nitro benzene ring substituents is 1. The lowest BCUT2D eigenvalue weighted by molar-refractivity contribution is -0.386. The third-order valence-corrected chi connectivity index (χ3v) is 4.45. The van der Waals surface area contributed by atoms with Gasteiger partial charge in [-0.2, -0.15) is 8.78 Å². The highest BCUT2D eigenvalue weighted by Gasteiger charge is 2.29. The summed E-state index contributed by atoms with van der Waals surface area (Å²) in [5.74, 6) is -1.62. The highest BCUT2D eigenvalue weighted by Crippen LogP contribution is 2.36. The van der Waals surface area contributed by atoms with Gasteiger partial charge in [-0.05, 0) is 37.1 Å². The third-order valence-electron chi connectivity index (χ3n) is 4.45. The first-order valence-electron chi connectivity index (χ1n) is 9.16. The van der Waals surface area contributed by atoms with E-state index < -0.39 is 35.5 Å². The third kappa shape index (κ3) is 5.65. The fourth-order valence-electron chi connectivity index (χ4n) is 2.76. The largest absolute Gasteiger partial charge is 0.493 e. The Bertz CT molecular complexity index is 1010. The Morgan fingerprint density at radius 2 is 1.97 bits per heavy atom. The highest BCUT2D eigenvalue weighted by molar-refractivity contribution is 5.96. The number of benzene rings is 2. The molecule has 0 heterocycles.